The highest BCUT2D eigenvalue weighted by Gasteiger charge is 2.28. The number of morpholine rings is 1. The van der Waals surface area contributed by atoms with Gasteiger partial charge in [0, 0.05) is 19.3 Å². The van der Waals surface area contributed by atoms with E-state index < -0.39 is 6.10 Å². The maximum atomic E-state index is 12.2. The van der Waals surface area contributed by atoms with Gasteiger partial charge in [-0.25, -0.2) is 4.98 Å². The van der Waals surface area contributed by atoms with Gasteiger partial charge in [0.2, 0.25) is 5.78 Å². The van der Waals surface area contributed by atoms with E-state index in [1.807, 2.05) is 7.05 Å². The quantitative estimate of drug-likeness (QED) is 0.719. The van der Waals surface area contributed by atoms with Gasteiger partial charge in [-0.2, -0.15) is 0 Å². The maximum Gasteiger partial charge on any atom is 0.214 e. The first kappa shape index (κ1) is 12.0. The van der Waals surface area contributed by atoms with E-state index in [2.05, 4.69) is 9.88 Å². The highest BCUT2D eigenvalue weighted by molar-refractivity contribution is 6.00. The van der Waals surface area contributed by atoms with Crippen molar-refractivity contribution in [2.24, 2.45) is 0 Å². The van der Waals surface area contributed by atoms with Crippen molar-refractivity contribution in [2.75, 3.05) is 33.9 Å². The van der Waals surface area contributed by atoms with Crippen LogP contribution in [-0.4, -0.2) is 55.6 Å². The second kappa shape index (κ2) is 5.25. The largest absolute Gasteiger partial charge is 0.494 e. The minimum absolute atomic E-state index is 0.117. The SMILES string of the molecule is COc1cccnc1C(=O)C1CN(C)CCO1. The van der Waals surface area contributed by atoms with Gasteiger partial charge in [-0.15, -0.1) is 0 Å². The van der Waals surface area contributed by atoms with E-state index in [9.17, 15) is 4.79 Å². The number of carbonyl (C=O) groups excluding carboxylic acids is 1. The molecule has 1 saturated heterocycles. The second-order valence-corrected chi connectivity index (χ2v) is 4.04. The van der Waals surface area contributed by atoms with Gasteiger partial charge >= 0.3 is 0 Å². The summed E-state index contributed by atoms with van der Waals surface area (Å²) in [5.41, 5.74) is 0.343. The zero-order valence-electron chi connectivity index (χ0n) is 10.0. The molecule has 0 N–H and O–H groups in total. The molecule has 17 heavy (non-hydrogen) atoms. The van der Waals surface area contributed by atoms with Crippen LogP contribution in [0.25, 0.3) is 0 Å². The second-order valence-electron chi connectivity index (χ2n) is 4.04. The normalized spacial score (nSPS) is 21.2. The molecule has 0 aliphatic carbocycles. The van der Waals surface area contributed by atoms with Gasteiger partial charge in [-0.05, 0) is 19.2 Å². The number of Topliss-reactive ketones (excluding diaryl/α,β-unsaturated/α-hetero) is 1. The maximum absolute atomic E-state index is 12.2. The Kier molecular flexibility index (Phi) is 3.71. The summed E-state index contributed by atoms with van der Waals surface area (Å²) in [6.45, 7) is 2.02. The summed E-state index contributed by atoms with van der Waals surface area (Å²) in [5.74, 6) is 0.378. The Bertz CT molecular complexity index is 408. The Morgan fingerprint density at radius 3 is 3.18 bits per heavy atom. The molecular weight excluding hydrogens is 220 g/mol. The lowest BCUT2D eigenvalue weighted by atomic mass is 10.1. The van der Waals surface area contributed by atoms with Gasteiger partial charge in [-0.3, -0.25) is 4.79 Å². The van der Waals surface area contributed by atoms with Crippen LogP contribution in [0.4, 0.5) is 0 Å². The number of hydrogen-bond donors (Lipinski definition) is 0. The van der Waals surface area contributed by atoms with Crippen LogP contribution >= 0.6 is 0 Å². The minimum atomic E-state index is -0.447. The van der Waals surface area contributed by atoms with Crippen LogP contribution in [0.2, 0.25) is 0 Å². The van der Waals surface area contributed by atoms with Crippen LogP contribution < -0.4 is 4.74 Å². The molecule has 1 fully saturated rings. The van der Waals surface area contributed by atoms with E-state index >= 15 is 0 Å². The van der Waals surface area contributed by atoms with Crippen molar-refractivity contribution in [3.05, 3.63) is 24.0 Å². The zero-order valence-corrected chi connectivity index (χ0v) is 10.0. The summed E-state index contributed by atoms with van der Waals surface area (Å²) in [6.07, 6.45) is 1.14. The Morgan fingerprint density at radius 1 is 1.65 bits per heavy atom. The number of ether oxygens (including phenoxy) is 2. The van der Waals surface area contributed by atoms with Gasteiger partial charge in [0.15, 0.2) is 5.69 Å². The number of ketones is 1. The molecular formula is C12H16N2O3. The average molecular weight is 236 g/mol. The number of nitrogens with zero attached hydrogens (tertiary/aromatic N) is 2. The highest BCUT2D eigenvalue weighted by atomic mass is 16.5. The first-order chi connectivity index (χ1) is 8.22. The molecule has 0 radical (unpaired) electrons. The van der Waals surface area contributed by atoms with Crippen molar-refractivity contribution in [2.45, 2.75) is 6.10 Å². The molecule has 0 amide bonds. The first-order valence-corrected chi connectivity index (χ1v) is 5.55. The predicted molar refractivity (Wildman–Crippen MR) is 62.4 cm³/mol. The van der Waals surface area contributed by atoms with Gasteiger partial charge in [-0.1, -0.05) is 0 Å². The number of aromatic nitrogens is 1. The highest BCUT2D eigenvalue weighted by Crippen LogP contribution is 2.18. The Balaban J connectivity index is 2.18. The fourth-order valence-corrected chi connectivity index (χ4v) is 1.83. The van der Waals surface area contributed by atoms with Crippen LogP contribution in [0.5, 0.6) is 5.75 Å². The lowest BCUT2D eigenvalue weighted by molar-refractivity contribution is -0.00903. The summed E-state index contributed by atoms with van der Waals surface area (Å²) in [5, 5.41) is 0. The van der Waals surface area contributed by atoms with Crippen LogP contribution in [0, 0.1) is 0 Å². The smallest absolute Gasteiger partial charge is 0.214 e. The van der Waals surface area contributed by atoms with E-state index in [1.54, 1.807) is 18.3 Å². The first-order valence-electron chi connectivity index (χ1n) is 5.55. The lowest BCUT2D eigenvalue weighted by Crippen LogP contribution is -2.44. The molecule has 1 aliphatic heterocycles. The minimum Gasteiger partial charge on any atom is -0.494 e. The fourth-order valence-electron chi connectivity index (χ4n) is 1.83. The summed E-state index contributed by atoms with van der Waals surface area (Å²) >= 11 is 0. The molecule has 0 bridgehead atoms. The van der Waals surface area contributed by atoms with Crippen LogP contribution in [0.15, 0.2) is 18.3 Å². The summed E-state index contributed by atoms with van der Waals surface area (Å²) in [6, 6.07) is 3.47. The predicted octanol–water partition coefficient (Wildman–Crippen LogP) is 0.603. The number of rotatable bonds is 3. The average Bonchev–Trinajstić information content (AvgIpc) is 2.38. The van der Waals surface area contributed by atoms with Crippen LogP contribution in [0.1, 0.15) is 10.5 Å². The van der Waals surface area contributed by atoms with E-state index in [1.165, 1.54) is 7.11 Å². The number of carbonyl (C=O) groups is 1. The Hall–Kier alpha value is -1.46. The van der Waals surface area contributed by atoms with Gasteiger partial charge in [0.1, 0.15) is 11.9 Å². The van der Waals surface area contributed by atoms with Crippen molar-refractivity contribution >= 4 is 5.78 Å². The molecule has 2 rings (SSSR count). The number of likely N-dealkylation sites (N-methyl/N-ethyl adjacent to an activating group) is 1. The van der Waals surface area contributed by atoms with Crippen molar-refractivity contribution in [3.8, 4) is 5.75 Å². The zero-order chi connectivity index (χ0) is 12.3. The molecule has 1 aromatic rings. The number of hydrogen-bond acceptors (Lipinski definition) is 5. The molecule has 0 saturated carbocycles. The lowest BCUT2D eigenvalue weighted by Gasteiger charge is -2.28. The summed E-state index contributed by atoms with van der Waals surface area (Å²) in [4.78, 5) is 18.4. The van der Waals surface area contributed by atoms with Gasteiger partial charge < -0.3 is 14.4 Å². The van der Waals surface area contributed by atoms with Crippen LogP contribution in [-0.2, 0) is 4.74 Å². The van der Waals surface area contributed by atoms with Crippen molar-refractivity contribution < 1.29 is 14.3 Å². The van der Waals surface area contributed by atoms with Crippen molar-refractivity contribution in [3.63, 3.8) is 0 Å². The Labute approximate surface area is 100 Å². The molecule has 1 aromatic heterocycles. The topological polar surface area (TPSA) is 51.7 Å². The Morgan fingerprint density at radius 2 is 2.47 bits per heavy atom. The van der Waals surface area contributed by atoms with Gasteiger partial charge in [0.25, 0.3) is 0 Å². The van der Waals surface area contributed by atoms with E-state index in [-0.39, 0.29) is 5.78 Å². The monoisotopic (exact) mass is 236 g/mol. The summed E-state index contributed by atoms with van der Waals surface area (Å²) in [7, 11) is 3.50. The standard InChI is InChI=1S/C12H16N2O3/c1-14-6-7-17-10(8-14)12(15)11-9(16-2)4-3-5-13-11/h3-5,10H,6-8H2,1-2H3. The van der Waals surface area contributed by atoms with E-state index in [0.717, 1.165) is 6.54 Å². The molecule has 5 heteroatoms. The fraction of sp³-hybridized carbons (Fsp3) is 0.500. The van der Waals surface area contributed by atoms with E-state index in [4.69, 9.17) is 9.47 Å². The third kappa shape index (κ3) is 2.62. The van der Waals surface area contributed by atoms with Gasteiger partial charge in [0.05, 0.1) is 13.7 Å². The molecule has 1 atom stereocenters. The third-order valence-electron chi connectivity index (χ3n) is 2.79. The summed E-state index contributed by atoms with van der Waals surface area (Å²) < 4.78 is 10.6. The third-order valence-corrected chi connectivity index (χ3v) is 2.79. The van der Waals surface area contributed by atoms with E-state index in [0.29, 0.717) is 24.6 Å². The molecule has 0 aromatic carbocycles. The number of pyridine rings is 1. The molecule has 2 heterocycles. The molecule has 1 unspecified atom stereocenters. The molecule has 0 spiro atoms. The molecule has 5 nitrogen and oxygen atoms in total. The number of methoxy groups -OCH3 is 1. The molecule has 1 aliphatic rings. The van der Waals surface area contributed by atoms with Crippen molar-refractivity contribution in [1.29, 1.82) is 0 Å². The van der Waals surface area contributed by atoms with Crippen LogP contribution in [0.3, 0.4) is 0 Å². The molecule has 92 valence electrons. The van der Waals surface area contributed by atoms with Crippen molar-refractivity contribution in [1.82, 2.24) is 9.88 Å².